The summed E-state index contributed by atoms with van der Waals surface area (Å²) in [7, 11) is 0. The van der Waals surface area contributed by atoms with E-state index in [1.807, 2.05) is 20.8 Å². The number of thioether (sulfide) groups is 1. The molecule has 0 aliphatic rings. The number of benzene rings is 2. The fraction of sp³-hybridized carbons (Fsp3) is 0.333. The van der Waals surface area contributed by atoms with Crippen LogP contribution in [0.3, 0.4) is 0 Å². The first-order chi connectivity index (χ1) is 10.2. The molecule has 0 saturated carbocycles. The minimum atomic E-state index is -4.41. The maximum Gasteiger partial charge on any atom is 0.411 e. The van der Waals surface area contributed by atoms with E-state index in [1.165, 1.54) is 0 Å². The number of rotatable bonds is 3. The quantitative estimate of drug-likeness (QED) is 0.665. The molecule has 0 fully saturated rings. The minimum absolute atomic E-state index is 0.258. The predicted octanol–water partition coefficient (Wildman–Crippen LogP) is 6.02. The summed E-state index contributed by atoms with van der Waals surface area (Å²) in [6.45, 7) is 5.43. The summed E-state index contributed by atoms with van der Waals surface area (Å²) in [6, 6.07) is 16.3. The molecule has 4 heteroatoms. The van der Waals surface area contributed by atoms with Crippen LogP contribution in [0.5, 0.6) is 0 Å². The maximum atomic E-state index is 14.3. The molecule has 0 aromatic heterocycles. The molecule has 0 unspecified atom stereocenters. The largest absolute Gasteiger partial charge is 0.411 e. The Morgan fingerprint density at radius 1 is 0.682 bits per heavy atom. The van der Waals surface area contributed by atoms with Gasteiger partial charge in [-0.15, -0.1) is 11.8 Å². The van der Waals surface area contributed by atoms with E-state index in [1.54, 1.807) is 60.7 Å². The van der Waals surface area contributed by atoms with Crippen molar-refractivity contribution in [3.8, 4) is 0 Å². The first-order valence-electron chi connectivity index (χ1n) is 7.05. The van der Waals surface area contributed by atoms with Crippen molar-refractivity contribution >= 4 is 11.8 Å². The van der Waals surface area contributed by atoms with Gasteiger partial charge in [-0.1, -0.05) is 81.4 Å². The smallest absolute Gasteiger partial charge is 0.169 e. The zero-order chi connectivity index (χ0) is 16.4. The van der Waals surface area contributed by atoms with Crippen molar-refractivity contribution in [1.82, 2.24) is 0 Å². The highest BCUT2D eigenvalue weighted by molar-refractivity contribution is 8.01. The van der Waals surface area contributed by atoms with Gasteiger partial charge in [0, 0.05) is 4.75 Å². The topological polar surface area (TPSA) is 0 Å². The van der Waals surface area contributed by atoms with Crippen LogP contribution in [0.25, 0.3) is 0 Å². The van der Waals surface area contributed by atoms with Crippen molar-refractivity contribution in [2.45, 2.75) is 36.4 Å². The van der Waals surface area contributed by atoms with Crippen molar-refractivity contribution < 1.29 is 13.2 Å². The lowest BCUT2D eigenvalue weighted by atomic mass is 9.89. The summed E-state index contributed by atoms with van der Waals surface area (Å²) in [5.74, 6) is 0. The molecule has 22 heavy (non-hydrogen) atoms. The number of hydrogen-bond donors (Lipinski definition) is 0. The summed E-state index contributed by atoms with van der Waals surface area (Å²) >= 11 is 0.937. The van der Waals surface area contributed by atoms with Crippen LogP contribution in [0.4, 0.5) is 13.2 Å². The highest BCUT2D eigenvalue weighted by Crippen LogP contribution is 2.57. The van der Waals surface area contributed by atoms with E-state index in [9.17, 15) is 13.2 Å². The van der Waals surface area contributed by atoms with E-state index in [0.29, 0.717) is 0 Å². The Hall–Kier alpha value is -1.42. The van der Waals surface area contributed by atoms with E-state index in [0.717, 1.165) is 11.8 Å². The molecule has 0 aliphatic carbocycles. The molecular formula is C18H19F3S. The van der Waals surface area contributed by atoms with Gasteiger partial charge in [0.15, 0.2) is 4.75 Å². The summed E-state index contributed by atoms with van der Waals surface area (Å²) in [6.07, 6.45) is -4.41. The van der Waals surface area contributed by atoms with E-state index in [4.69, 9.17) is 0 Å². The van der Waals surface area contributed by atoms with Gasteiger partial charge in [-0.25, -0.2) is 0 Å². The van der Waals surface area contributed by atoms with E-state index in [-0.39, 0.29) is 11.1 Å². The third-order valence-electron chi connectivity index (χ3n) is 3.22. The fourth-order valence-corrected chi connectivity index (χ4v) is 4.02. The van der Waals surface area contributed by atoms with Gasteiger partial charge in [0.2, 0.25) is 0 Å². The second-order valence-corrected chi connectivity index (χ2v) is 8.17. The molecule has 0 amide bonds. The SMILES string of the molecule is CC(C)(C)SC(c1ccccc1)(c1ccccc1)C(F)(F)F. The second kappa shape index (κ2) is 5.99. The summed E-state index contributed by atoms with van der Waals surface area (Å²) in [4.78, 5) is 0. The molecule has 2 aromatic carbocycles. The van der Waals surface area contributed by atoms with E-state index >= 15 is 0 Å². The normalized spacial score (nSPS) is 13.2. The number of halogens is 3. The minimum Gasteiger partial charge on any atom is -0.169 e. The average molecular weight is 324 g/mol. The Bertz CT molecular complexity index is 558. The summed E-state index contributed by atoms with van der Waals surface area (Å²) < 4.78 is 40.1. The lowest BCUT2D eigenvalue weighted by Gasteiger charge is -2.40. The van der Waals surface area contributed by atoms with Crippen LogP contribution < -0.4 is 0 Å². The first-order valence-corrected chi connectivity index (χ1v) is 7.86. The first kappa shape index (κ1) is 16.9. The Balaban J connectivity index is 2.76. The van der Waals surface area contributed by atoms with Gasteiger partial charge >= 0.3 is 6.18 Å². The van der Waals surface area contributed by atoms with Crippen LogP contribution in [0.2, 0.25) is 0 Å². The molecule has 2 aromatic rings. The highest BCUT2D eigenvalue weighted by atomic mass is 32.2. The molecule has 2 rings (SSSR count). The summed E-state index contributed by atoms with van der Waals surface area (Å²) in [5.41, 5.74) is 0.516. The molecule has 0 aliphatic heterocycles. The molecule has 0 nitrogen and oxygen atoms in total. The van der Waals surface area contributed by atoms with Gasteiger partial charge in [0.25, 0.3) is 0 Å². The van der Waals surface area contributed by atoms with Crippen molar-refractivity contribution in [3.63, 3.8) is 0 Å². The van der Waals surface area contributed by atoms with Crippen molar-refractivity contribution in [2.24, 2.45) is 0 Å². The molecule has 0 bridgehead atoms. The van der Waals surface area contributed by atoms with Gasteiger partial charge < -0.3 is 0 Å². The Kier molecular flexibility index (Phi) is 4.62. The molecule has 118 valence electrons. The van der Waals surface area contributed by atoms with E-state index < -0.39 is 15.7 Å². The van der Waals surface area contributed by atoms with Gasteiger partial charge in [-0.2, -0.15) is 13.2 Å². The maximum absolute atomic E-state index is 14.3. The van der Waals surface area contributed by atoms with Crippen molar-refractivity contribution in [3.05, 3.63) is 71.8 Å². The molecule has 0 spiro atoms. The lowest BCUT2D eigenvalue weighted by molar-refractivity contribution is -0.152. The molecular weight excluding hydrogens is 305 g/mol. The van der Waals surface area contributed by atoms with Gasteiger partial charge in [-0.05, 0) is 11.1 Å². The molecule has 0 radical (unpaired) electrons. The highest BCUT2D eigenvalue weighted by Gasteiger charge is 2.59. The zero-order valence-electron chi connectivity index (χ0n) is 12.8. The predicted molar refractivity (Wildman–Crippen MR) is 87.1 cm³/mol. The van der Waals surface area contributed by atoms with Crippen LogP contribution in [0, 0.1) is 0 Å². The average Bonchev–Trinajstić information content (AvgIpc) is 2.44. The Labute approximate surface area is 133 Å². The Morgan fingerprint density at radius 3 is 1.32 bits per heavy atom. The zero-order valence-corrected chi connectivity index (χ0v) is 13.6. The molecule has 0 heterocycles. The van der Waals surface area contributed by atoms with Crippen LogP contribution in [-0.2, 0) is 4.75 Å². The molecule has 0 atom stereocenters. The third kappa shape index (κ3) is 3.32. The van der Waals surface area contributed by atoms with Crippen LogP contribution in [-0.4, -0.2) is 10.9 Å². The second-order valence-electron chi connectivity index (χ2n) is 6.13. The lowest BCUT2D eigenvalue weighted by Crippen LogP contribution is -2.43. The van der Waals surface area contributed by atoms with Crippen molar-refractivity contribution in [1.29, 1.82) is 0 Å². The monoisotopic (exact) mass is 324 g/mol. The van der Waals surface area contributed by atoms with Gasteiger partial charge in [-0.3, -0.25) is 0 Å². The van der Waals surface area contributed by atoms with Gasteiger partial charge in [0.1, 0.15) is 0 Å². The van der Waals surface area contributed by atoms with Crippen LogP contribution in [0.15, 0.2) is 60.7 Å². The molecule has 0 saturated heterocycles. The third-order valence-corrected chi connectivity index (χ3v) is 4.84. The van der Waals surface area contributed by atoms with Crippen LogP contribution >= 0.6 is 11.8 Å². The number of hydrogen-bond acceptors (Lipinski definition) is 1. The fourth-order valence-electron chi connectivity index (χ4n) is 2.47. The number of alkyl halides is 3. The summed E-state index contributed by atoms with van der Waals surface area (Å²) in [5, 5.41) is 0. The molecule has 0 N–H and O–H groups in total. The van der Waals surface area contributed by atoms with Crippen LogP contribution in [0.1, 0.15) is 31.9 Å². The standard InChI is InChI=1S/C18H19F3S/c1-16(2,3)22-17(18(19,20)21,14-10-6-4-7-11-14)15-12-8-5-9-13-15/h4-13H,1-3H3. The van der Waals surface area contributed by atoms with E-state index in [2.05, 4.69) is 0 Å². The van der Waals surface area contributed by atoms with Gasteiger partial charge in [0.05, 0.1) is 0 Å². The van der Waals surface area contributed by atoms with Crippen molar-refractivity contribution in [2.75, 3.05) is 0 Å². The Morgan fingerprint density at radius 2 is 1.05 bits per heavy atom.